The molecule has 0 aliphatic rings. The molecule has 10 heavy (non-hydrogen) atoms. The van der Waals surface area contributed by atoms with Gasteiger partial charge in [0.25, 0.3) is 0 Å². The van der Waals surface area contributed by atoms with Gasteiger partial charge in [0.15, 0.2) is 0 Å². The van der Waals surface area contributed by atoms with Gasteiger partial charge in [0.1, 0.15) is 0 Å². The summed E-state index contributed by atoms with van der Waals surface area (Å²) in [6.07, 6.45) is 0.911. The van der Waals surface area contributed by atoms with E-state index in [9.17, 15) is 4.79 Å². The van der Waals surface area contributed by atoms with Crippen molar-refractivity contribution < 1.29 is 9.63 Å². The third kappa shape index (κ3) is 7.43. The molecule has 0 heterocycles. The van der Waals surface area contributed by atoms with E-state index >= 15 is 0 Å². The van der Waals surface area contributed by atoms with Crippen LogP contribution in [0.15, 0.2) is 0 Å². The van der Waals surface area contributed by atoms with E-state index < -0.39 is 0 Å². The third-order valence-electron chi connectivity index (χ3n) is 1.05. The molecule has 3 nitrogen and oxygen atoms in total. The maximum absolute atomic E-state index is 9.49. The predicted molar refractivity (Wildman–Crippen MR) is 37.9 cm³/mol. The first-order chi connectivity index (χ1) is 4.56. The van der Waals surface area contributed by atoms with Gasteiger partial charge in [-0.05, 0) is 17.3 Å². The van der Waals surface area contributed by atoms with Crippen molar-refractivity contribution in [3.8, 4) is 0 Å². The van der Waals surface area contributed by atoms with E-state index in [2.05, 4.69) is 31.1 Å². The van der Waals surface area contributed by atoms with Gasteiger partial charge in [-0.25, -0.2) is 4.79 Å². The van der Waals surface area contributed by atoms with Gasteiger partial charge < -0.3 is 4.84 Å². The highest BCUT2D eigenvalue weighted by Crippen LogP contribution is 2.16. The van der Waals surface area contributed by atoms with E-state index in [4.69, 9.17) is 0 Å². The van der Waals surface area contributed by atoms with Crippen molar-refractivity contribution in [3.63, 3.8) is 0 Å². The molecular weight excluding hydrogens is 130 g/mol. The van der Waals surface area contributed by atoms with Crippen molar-refractivity contribution in [1.82, 2.24) is 5.48 Å². The Morgan fingerprint density at radius 3 is 2.50 bits per heavy atom. The molecule has 0 atom stereocenters. The van der Waals surface area contributed by atoms with Gasteiger partial charge in [-0.2, -0.15) is 0 Å². The molecule has 0 fully saturated rings. The Kier molecular flexibility index (Phi) is 4.03. The Labute approximate surface area is 61.7 Å². The number of carbonyl (C=O) groups excluding carboxylic acids is 1. The number of nitrogens with zero attached hydrogens (tertiary/aromatic N) is 1. The van der Waals surface area contributed by atoms with Crippen molar-refractivity contribution in [2.45, 2.75) is 27.2 Å². The molecule has 0 aliphatic heterocycles. The van der Waals surface area contributed by atoms with Crippen LogP contribution in [0.25, 0.3) is 0 Å². The summed E-state index contributed by atoms with van der Waals surface area (Å²) in [5.41, 5.74) is 3.70. The van der Waals surface area contributed by atoms with Crippen LogP contribution < -0.4 is 5.48 Å². The van der Waals surface area contributed by atoms with E-state index in [1.54, 1.807) is 0 Å². The van der Waals surface area contributed by atoms with Crippen LogP contribution in [-0.4, -0.2) is 13.0 Å². The number of hydroxylamine groups is 1. The fraction of sp³-hybridized carbons (Fsp3) is 0.857. The molecule has 3 heteroatoms. The van der Waals surface area contributed by atoms with Crippen molar-refractivity contribution in [3.05, 3.63) is 0 Å². The molecule has 0 aliphatic carbocycles. The topological polar surface area (TPSA) is 40.4 Å². The molecule has 0 N–H and O–H groups in total. The highest BCUT2D eigenvalue weighted by Gasteiger charge is 2.09. The summed E-state index contributed by atoms with van der Waals surface area (Å²) in [5.74, 6) is 0. The molecule has 0 rings (SSSR count). The Morgan fingerprint density at radius 1 is 1.50 bits per heavy atom. The zero-order valence-electron chi connectivity index (χ0n) is 6.68. The van der Waals surface area contributed by atoms with Crippen LogP contribution in [0, 0.1) is 5.41 Å². The predicted octanol–water partition coefficient (Wildman–Crippen LogP) is 1.03. The van der Waals surface area contributed by atoms with E-state index in [0.717, 1.165) is 6.42 Å². The summed E-state index contributed by atoms with van der Waals surface area (Å²) in [5, 5.41) is 0. The monoisotopic (exact) mass is 143 g/mol. The van der Waals surface area contributed by atoms with Gasteiger partial charge in [0, 0.05) is 0 Å². The van der Waals surface area contributed by atoms with Crippen molar-refractivity contribution in [2.24, 2.45) is 5.41 Å². The molecule has 2 radical (unpaired) electrons. The molecular formula is C7H13NO2. The lowest BCUT2D eigenvalue weighted by Crippen LogP contribution is -2.14. The normalized spacial score (nSPS) is 11.1. The summed E-state index contributed by atoms with van der Waals surface area (Å²) in [4.78, 5) is 13.5. The Morgan fingerprint density at radius 2 is 2.10 bits per heavy atom. The quantitative estimate of drug-likeness (QED) is 0.435. The molecule has 0 saturated carbocycles. The summed E-state index contributed by atoms with van der Waals surface area (Å²) < 4.78 is 0. The smallest absolute Gasteiger partial charge is 0.340 e. The van der Waals surface area contributed by atoms with Crippen molar-refractivity contribution in [1.29, 1.82) is 0 Å². The summed E-state index contributed by atoms with van der Waals surface area (Å²) in [6.45, 7) is 8.10. The zero-order chi connectivity index (χ0) is 8.04. The molecule has 0 aromatic carbocycles. The first-order valence-electron chi connectivity index (χ1n) is 3.26. The van der Waals surface area contributed by atoms with Gasteiger partial charge in [-0.1, -0.05) is 20.8 Å². The lowest BCUT2D eigenvalue weighted by atomic mass is 9.93. The lowest BCUT2D eigenvalue weighted by Gasteiger charge is -2.15. The van der Waals surface area contributed by atoms with E-state index in [-0.39, 0.29) is 5.41 Å². The highest BCUT2D eigenvalue weighted by molar-refractivity contribution is 5.37. The van der Waals surface area contributed by atoms with E-state index in [1.807, 2.05) is 0 Å². The molecule has 58 valence electrons. The first-order valence-corrected chi connectivity index (χ1v) is 3.26. The minimum Gasteiger partial charge on any atom is -0.340 e. The summed E-state index contributed by atoms with van der Waals surface area (Å²) >= 11 is 0. The van der Waals surface area contributed by atoms with Crippen molar-refractivity contribution >= 4 is 6.47 Å². The summed E-state index contributed by atoms with van der Waals surface area (Å²) in [6, 6.07) is 0. The molecule has 0 amide bonds. The number of hydrogen-bond acceptors (Lipinski definition) is 2. The highest BCUT2D eigenvalue weighted by atomic mass is 16.7. The van der Waals surface area contributed by atoms with Crippen LogP contribution in [0.1, 0.15) is 27.2 Å². The minimum absolute atomic E-state index is 0.246. The zero-order valence-corrected chi connectivity index (χ0v) is 6.68. The molecule has 0 unspecified atom stereocenters. The lowest BCUT2D eigenvalue weighted by molar-refractivity contribution is 0.146. The van der Waals surface area contributed by atoms with Gasteiger partial charge in [0.2, 0.25) is 0 Å². The second-order valence-corrected chi connectivity index (χ2v) is 3.34. The van der Waals surface area contributed by atoms with E-state index in [0.29, 0.717) is 6.54 Å². The van der Waals surface area contributed by atoms with Gasteiger partial charge in [0.05, 0.1) is 6.54 Å². The molecule has 0 saturated heterocycles. The largest absolute Gasteiger partial charge is 0.439 e. The van der Waals surface area contributed by atoms with Crippen LogP contribution in [0.3, 0.4) is 0 Å². The average molecular weight is 143 g/mol. The van der Waals surface area contributed by atoms with Crippen LogP contribution in [-0.2, 0) is 9.63 Å². The first kappa shape index (κ1) is 9.43. The van der Waals surface area contributed by atoms with Gasteiger partial charge in [-0.15, -0.1) is 0 Å². The number of hydrogen-bond donors (Lipinski definition) is 0. The molecule has 0 spiro atoms. The molecule has 0 aromatic rings. The number of rotatable bonds is 4. The van der Waals surface area contributed by atoms with Crippen LogP contribution in [0.5, 0.6) is 0 Å². The fourth-order valence-electron chi connectivity index (χ4n) is 0.453. The fourth-order valence-corrected chi connectivity index (χ4v) is 0.453. The van der Waals surface area contributed by atoms with Crippen LogP contribution in [0.4, 0.5) is 0 Å². The maximum Gasteiger partial charge on any atom is 0.439 e. The molecule has 0 aromatic heterocycles. The van der Waals surface area contributed by atoms with Gasteiger partial charge in [-0.3, -0.25) is 0 Å². The second kappa shape index (κ2) is 4.28. The Bertz CT molecular complexity index is 96.3. The molecule has 0 bridgehead atoms. The second-order valence-electron chi connectivity index (χ2n) is 3.34. The average Bonchev–Trinajstić information content (AvgIpc) is 1.78. The third-order valence-corrected chi connectivity index (χ3v) is 1.05. The maximum atomic E-state index is 9.49. The van der Waals surface area contributed by atoms with Gasteiger partial charge >= 0.3 is 6.47 Å². The minimum atomic E-state index is 0.246. The summed E-state index contributed by atoms with van der Waals surface area (Å²) in [7, 11) is 0. The van der Waals surface area contributed by atoms with E-state index in [1.165, 1.54) is 6.47 Å². The Hall–Kier alpha value is -0.570. The van der Waals surface area contributed by atoms with Crippen molar-refractivity contribution in [2.75, 3.05) is 6.54 Å². The Balaban J connectivity index is 3.12. The van der Waals surface area contributed by atoms with Crippen LogP contribution in [0.2, 0.25) is 0 Å². The SMILES string of the molecule is CC(C)(C)CC[N]O[C]=O. The van der Waals surface area contributed by atoms with Crippen LogP contribution >= 0.6 is 0 Å². The standard InChI is InChI=1S/C7H13NO2/c1-7(2,3)4-5-8-10-6-9/h4-5H2,1-3H3.